The number of para-hydroxylation sites is 1. The number of benzene rings is 2. The van der Waals surface area contributed by atoms with Crippen LogP contribution in [0.1, 0.15) is 36.7 Å². The van der Waals surface area contributed by atoms with Crippen LogP contribution in [-0.4, -0.2) is 19.0 Å². The second-order valence-corrected chi connectivity index (χ2v) is 7.31. The Morgan fingerprint density at radius 1 is 1.00 bits per heavy atom. The fourth-order valence-electron chi connectivity index (χ4n) is 2.13. The smallest absolute Gasteiger partial charge is 0.331 e. The van der Waals surface area contributed by atoms with Gasteiger partial charge in [0, 0.05) is 5.56 Å². The molecule has 0 bridgehead atoms. The van der Waals surface area contributed by atoms with E-state index in [0.29, 0.717) is 11.3 Å². The number of carbonyl (C=O) groups is 2. The Kier molecular flexibility index (Phi) is 6.09. The minimum absolute atomic E-state index is 0.0117. The van der Waals surface area contributed by atoms with Crippen LogP contribution in [0, 0.1) is 0 Å². The van der Waals surface area contributed by atoms with E-state index in [1.807, 2.05) is 30.3 Å². The number of rotatable bonds is 4. The maximum Gasteiger partial charge on any atom is 0.331 e. The molecule has 0 aliphatic heterocycles. The molecule has 2 N–H and O–H groups in total. The summed E-state index contributed by atoms with van der Waals surface area (Å²) in [6.07, 6.45) is 0. The molecule has 0 saturated carbocycles. The van der Waals surface area contributed by atoms with E-state index < -0.39 is 11.9 Å². The van der Waals surface area contributed by atoms with Gasteiger partial charge in [0.25, 0.3) is 5.91 Å². The Labute approximate surface area is 152 Å². The van der Waals surface area contributed by atoms with Gasteiger partial charge in [-0.1, -0.05) is 45.0 Å². The number of imide groups is 1. The van der Waals surface area contributed by atoms with Crippen molar-refractivity contribution in [1.82, 2.24) is 10.0 Å². The van der Waals surface area contributed by atoms with Gasteiger partial charge in [-0.2, -0.15) is 0 Å². The van der Waals surface area contributed by atoms with Gasteiger partial charge in [0.1, 0.15) is 5.75 Å². The minimum Gasteiger partial charge on any atom is -0.496 e. The zero-order valence-electron chi connectivity index (χ0n) is 14.8. The van der Waals surface area contributed by atoms with Crippen molar-refractivity contribution in [3.8, 4) is 5.75 Å². The summed E-state index contributed by atoms with van der Waals surface area (Å²) < 4.78 is 7.78. The Bertz CT molecular complexity index is 752. The van der Waals surface area contributed by atoms with Crippen LogP contribution in [0.4, 0.5) is 4.79 Å². The third-order valence-corrected chi connectivity index (χ3v) is 4.41. The molecule has 2 rings (SSSR count). The molecule has 0 aromatic heterocycles. The molecule has 25 heavy (non-hydrogen) atoms. The van der Waals surface area contributed by atoms with Crippen molar-refractivity contribution in [1.29, 1.82) is 0 Å². The number of hydrogen-bond acceptors (Lipinski definition) is 4. The van der Waals surface area contributed by atoms with Gasteiger partial charge in [-0.3, -0.25) is 14.8 Å². The predicted molar refractivity (Wildman–Crippen MR) is 100.0 cm³/mol. The maximum absolute atomic E-state index is 12.1. The first-order valence-electron chi connectivity index (χ1n) is 7.83. The molecule has 5 nitrogen and oxygen atoms in total. The first-order chi connectivity index (χ1) is 11.8. The van der Waals surface area contributed by atoms with Crippen molar-refractivity contribution in [2.45, 2.75) is 31.1 Å². The van der Waals surface area contributed by atoms with E-state index in [1.54, 1.807) is 25.3 Å². The Morgan fingerprint density at radius 2 is 1.64 bits per heavy atom. The maximum atomic E-state index is 12.1. The molecular formula is C19H22N2O3S. The van der Waals surface area contributed by atoms with Gasteiger partial charge in [-0.05, 0) is 47.2 Å². The molecule has 0 fully saturated rings. The van der Waals surface area contributed by atoms with Crippen molar-refractivity contribution in [3.63, 3.8) is 0 Å². The molecule has 132 valence electrons. The summed E-state index contributed by atoms with van der Waals surface area (Å²) in [7, 11) is 1.56. The number of carbonyl (C=O) groups excluding carboxylic acids is 2. The molecule has 6 heteroatoms. The van der Waals surface area contributed by atoms with Crippen LogP contribution >= 0.6 is 11.9 Å². The van der Waals surface area contributed by atoms with E-state index in [2.05, 4.69) is 30.8 Å². The molecule has 0 aliphatic carbocycles. The highest BCUT2D eigenvalue weighted by Gasteiger charge is 2.15. The Morgan fingerprint density at radius 3 is 2.24 bits per heavy atom. The van der Waals surface area contributed by atoms with Gasteiger partial charge in [-0.15, -0.1) is 0 Å². The SMILES string of the molecule is COc1ccccc1SNC(=O)NC(=O)c1ccc(C(C)(C)C)cc1. The van der Waals surface area contributed by atoms with Crippen molar-refractivity contribution in [2.75, 3.05) is 7.11 Å². The van der Waals surface area contributed by atoms with E-state index in [-0.39, 0.29) is 5.41 Å². The quantitative estimate of drug-likeness (QED) is 0.806. The van der Waals surface area contributed by atoms with E-state index in [1.165, 1.54) is 0 Å². The number of ether oxygens (including phenoxy) is 1. The lowest BCUT2D eigenvalue weighted by atomic mass is 9.87. The van der Waals surface area contributed by atoms with Gasteiger partial charge in [0.15, 0.2) is 0 Å². The molecule has 0 saturated heterocycles. The van der Waals surface area contributed by atoms with Gasteiger partial charge in [-0.25, -0.2) is 4.79 Å². The highest BCUT2D eigenvalue weighted by molar-refractivity contribution is 7.98. The third-order valence-electron chi connectivity index (χ3n) is 3.56. The lowest BCUT2D eigenvalue weighted by Crippen LogP contribution is -2.36. The first-order valence-corrected chi connectivity index (χ1v) is 8.64. The third kappa shape index (κ3) is 5.26. The van der Waals surface area contributed by atoms with Gasteiger partial charge < -0.3 is 4.74 Å². The van der Waals surface area contributed by atoms with Crippen LogP contribution in [-0.2, 0) is 5.41 Å². The summed E-state index contributed by atoms with van der Waals surface area (Å²) in [5, 5.41) is 2.31. The number of nitrogens with one attached hydrogen (secondary N) is 2. The normalized spacial score (nSPS) is 10.9. The molecule has 0 unspecified atom stereocenters. The topological polar surface area (TPSA) is 67.4 Å². The van der Waals surface area contributed by atoms with Gasteiger partial charge in [0.05, 0.1) is 12.0 Å². The lowest BCUT2D eigenvalue weighted by molar-refractivity contribution is 0.0965. The number of urea groups is 1. The van der Waals surface area contributed by atoms with Crippen molar-refractivity contribution in [3.05, 3.63) is 59.7 Å². The summed E-state index contributed by atoms with van der Waals surface area (Å²) in [6.45, 7) is 6.31. The average molecular weight is 358 g/mol. The summed E-state index contributed by atoms with van der Waals surface area (Å²) in [6, 6.07) is 13.9. The second kappa shape index (κ2) is 8.07. The number of hydrogen-bond donors (Lipinski definition) is 2. The average Bonchev–Trinajstić information content (AvgIpc) is 2.59. The highest BCUT2D eigenvalue weighted by atomic mass is 32.2. The standard InChI is InChI=1S/C19H22N2O3S/c1-19(2,3)14-11-9-13(10-12-14)17(22)20-18(23)21-25-16-8-6-5-7-15(16)24-4/h5-12H,1-4H3,(H2,20,21,22,23). The highest BCUT2D eigenvalue weighted by Crippen LogP contribution is 2.26. The van der Waals surface area contributed by atoms with Crippen LogP contribution in [0.15, 0.2) is 53.4 Å². The van der Waals surface area contributed by atoms with Crippen LogP contribution in [0.2, 0.25) is 0 Å². The molecule has 0 spiro atoms. The van der Waals surface area contributed by atoms with Crippen LogP contribution in [0.5, 0.6) is 5.75 Å². The van der Waals surface area contributed by atoms with Crippen LogP contribution < -0.4 is 14.8 Å². The van der Waals surface area contributed by atoms with Crippen molar-refractivity contribution < 1.29 is 14.3 Å². The Balaban J connectivity index is 1.93. The Hall–Kier alpha value is -2.47. The molecule has 0 radical (unpaired) electrons. The van der Waals surface area contributed by atoms with Crippen LogP contribution in [0.3, 0.4) is 0 Å². The zero-order valence-corrected chi connectivity index (χ0v) is 15.6. The fourth-order valence-corrected chi connectivity index (χ4v) is 2.78. The van der Waals surface area contributed by atoms with Crippen molar-refractivity contribution in [2.24, 2.45) is 0 Å². The van der Waals surface area contributed by atoms with Gasteiger partial charge >= 0.3 is 6.03 Å². The summed E-state index contributed by atoms with van der Waals surface area (Å²) >= 11 is 1.08. The molecular weight excluding hydrogens is 336 g/mol. The molecule has 0 aliphatic rings. The number of methoxy groups -OCH3 is 1. The molecule has 2 aromatic carbocycles. The lowest BCUT2D eigenvalue weighted by Gasteiger charge is -2.19. The largest absolute Gasteiger partial charge is 0.496 e. The molecule has 2 aromatic rings. The molecule has 0 atom stereocenters. The van der Waals surface area contributed by atoms with Crippen molar-refractivity contribution >= 4 is 23.9 Å². The van der Waals surface area contributed by atoms with E-state index in [0.717, 1.165) is 22.4 Å². The summed E-state index contributed by atoms with van der Waals surface area (Å²) in [5.74, 6) is 0.204. The van der Waals surface area contributed by atoms with Gasteiger partial charge in [0.2, 0.25) is 0 Å². The van der Waals surface area contributed by atoms with Crippen LogP contribution in [0.25, 0.3) is 0 Å². The van der Waals surface area contributed by atoms with E-state index in [4.69, 9.17) is 4.74 Å². The zero-order chi connectivity index (χ0) is 18.4. The molecule has 3 amide bonds. The fraction of sp³-hybridized carbons (Fsp3) is 0.263. The summed E-state index contributed by atoms with van der Waals surface area (Å²) in [4.78, 5) is 24.8. The monoisotopic (exact) mass is 358 g/mol. The second-order valence-electron chi connectivity index (χ2n) is 6.47. The number of amides is 3. The first kappa shape index (κ1) is 18.9. The minimum atomic E-state index is -0.583. The molecule has 0 heterocycles. The van der Waals surface area contributed by atoms with E-state index in [9.17, 15) is 9.59 Å². The predicted octanol–water partition coefficient (Wildman–Crippen LogP) is 4.14. The van der Waals surface area contributed by atoms with E-state index >= 15 is 0 Å². The summed E-state index contributed by atoms with van der Waals surface area (Å²) in [5.41, 5.74) is 1.57.